The molecule has 0 saturated carbocycles. The Bertz CT molecular complexity index is 686. The van der Waals surface area contributed by atoms with Gasteiger partial charge in [0.2, 0.25) is 5.95 Å². The molecule has 126 valence electrons. The smallest absolute Gasteiger partial charge is 0.225 e. The molecule has 2 aliphatic rings. The third-order valence-corrected chi connectivity index (χ3v) is 4.90. The van der Waals surface area contributed by atoms with Crippen molar-refractivity contribution in [2.24, 2.45) is 0 Å². The fraction of sp³-hybridized carbons (Fsp3) is 0.474. The average Bonchev–Trinajstić information content (AvgIpc) is 3.00. The molecule has 5 heteroatoms. The Labute approximate surface area is 143 Å². The summed E-state index contributed by atoms with van der Waals surface area (Å²) in [6, 6.07) is 13.1. The van der Waals surface area contributed by atoms with Crippen LogP contribution in [0.15, 0.2) is 36.4 Å². The number of rotatable bonds is 3. The third kappa shape index (κ3) is 3.14. The molecule has 2 aromatic rings. The van der Waals surface area contributed by atoms with Crippen molar-refractivity contribution in [2.75, 3.05) is 31.1 Å². The molecule has 1 aromatic heterocycles. The van der Waals surface area contributed by atoms with E-state index in [4.69, 9.17) is 4.74 Å². The molecule has 24 heavy (non-hydrogen) atoms. The maximum atomic E-state index is 6.04. The van der Waals surface area contributed by atoms with Crippen LogP contribution >= 0.6 is 0 Å². The Balaban J connectivity index is 1.51. The highest BCUT2D eigenvalue weighted by Crippen LogP contribution is 2.27. The van der Waals surface area contributed by atoms with Gasteiger partial charge in [0.25, 0.3) is 0 Å². The fourth-order valence-electron chi connectivity index (χ4n) is 3.78. The summed E-state index contributed by atoms with van der Waals surface area (Å²) in [4.78, 5) is 14.1. The van der Waals surface area contributed by atoms with Gasteiger partial charge in [0, 0.05) is 37.6 Å². The van der Waals surface area contributed by atoms with Crippen molar-refractivity contribution >= 4 is 5.95 Å². The van der Waals surface area contributed by atoms with Crippen molar-refractivity contribution < 1.29 is 4.74 Å². The van der Waals surface area contributed by atoms with E-state index in [-0.39, 0.29) is 6.10 Å². The average molecular weight is 324 g/mol. The van der Waals surface area contributed by atoms with Gasteiger partial charge in [-0.25, -0.2) is 9.97 Å². The van der Waals surface area contributed by atoms with Crippen LogP contribution in [0.4, 0.5) is 5.95 Å². The molecule has 0 radical (unpaired) electrons. The molecule has 5 nitrogen and oxygen atoms in total. The standard InChI is InChI=1S/C19H24N4O/c1-14-10-15(2)21-19(20-14)23-12-17-18(13-23)24-9-8-22(17)11-16-6-4-3-5-7-16/h3-7,10,17-18H,8-9,11-13H2,1-2H3/t17-,18-/m0/s1. The predicted octanol–water partition coefficient (Wildman–Crippen LogP) is 2.18. The van der Waals surface area contributed by atoms with E-state index < -0.39 is 0 Å². The Kier molecular flexibility index (Phi) is 4.21. The zero-order valence-corrected chi connectivity index (χ0v) is 14.4. The highest BCUT2D eigenvalue weighted by molar-refractivity contribution is 5.35. The highest BCUT2D eigenvalue weighted by Gasteiger charge is 2.40. The van der Waals surface area contributed by atoms with Gasteiger partial charge >= 0.3 is 0 Å². The minimum Gasteiger partial charge on any atom is -0.373 e. The maximum Gasteiger partial charge on any atom is 0.225 e. The van der Waals surface area contributed by atoms with E-state index in [0.717, 1.165) is 50.1 Å². The minimum atomic E-state index is 0.242. The first kappa shape index (κ1) is 15.5. The lowest BCUT2D eigenvalue weighted by molar-refractivity contribution is -0.0499. The number of morpholine rings is 1. The number of aromatic nitrogens is 2. The van der Waals surface area contributed by atoms with E-state index in [1.165, 1.54) is 5.56 Å². The number of anilines is 1. The summed E-state index contributed by atoms with van der Waals surface area (Å²) in [6.45, 7) is 8.62. The summed E-state index contributed by atoms with van der Waals surface area (Å²) >= 11 is 0. The van der Waals surface area contributed by atoms with Gasteiger partial charge < -0.3 is 9.64 Å². The van der Waals surface area contributed by atoms with Crippen molar-refractivity contribution in [3.05, 3.63) is 53.3 Å². The molecule has 2 atom stereocenters. The van der Waals surface area contributed by atoms with Crippen LogP contribution < -0.4 is 4.90 Å². The van der Waals surface area contributed by atoms with Gasteiger partial charge in [-0.1, -0.05) is 30.3 Å². The molecule has 4 rings (SSSR count). The van der Waals surface area contributed by atoms with Crippen LogP contribution in [0.25, 0.3) is 0 Å². The number of hydrogen-bond acceptors (Lipinski definition) is 5. The summed E-state index contributed by atoms with van der Waals surface area (Å²) in [5.74, 6) is 0.838. The van der Waals surface area contributed by atoms with Gasteiger partial charge in [-0.3, -0.25) is 4.90 Å². The minimum absolute atomic E-state index is 0.242. The first-order valence-corrected chi connectivity index (χ1v) is 8.66. The second-order valence-electron chi connectivity index (χ2n) is 6.79. The largest absolute Gasteiger partial charge is 0.373 e. The van der Waals surface area contributed by atoms with Crippen molar-refractivity contribution in [1.82, 2.24) is 14.9 Å². The lowest BCUT2D eigenvalue weighted by atomic mass is 10.1. The summed E-state index contributed by atoms with van der Waals surface area (Å²) in [7, 11) is 0. The molecule has 0 amide bonds. The van der Waals surface area contributed by atoms with Gasteiger partial charge in [0.15, 0.2) is 0 Å². The Hall–Kier alpha value is -1.98. The Morgan fingerprint density at radius 2 is 1.83 bits per heavy atom. The fourth-order valence-corrected chi connectivity index (χ4v) is 3.78. The van der Waals surface area contributed by atoms with Gasteiger partial charge in [-0.2, -0.15) is 0 Å². The van der Waals surface area contributed by atoms with Crippen LogP contribution in [0.1, 0.15) is 17.0 Å². The van der Waals surface area contributed by atoms with E-state index in [2.05, 4.69) is 50.1 Å². The van der Waals surface area contributed by atoms with Crippen LogP contribution in [0.5, 0.6) is 0 Å². The quantitative estimate of drug-likeness (QED) is 0.866. The second kappa shape index (κ2) is 6.49. The number of fused-ring (bicyclic) bond motifs is 1. The van der Waals surface area contributed by atoms with Gasteiger partial charge in [0.1, 0.15) is 0 Å². The van der Waals surface area contributed by atoms with Crippen LogP contribution in [0.3, 0.4) is 0 Å². The summed E-state index contributed by atoms with van der Waals surface area (Å²) in [5, 5.41) is 0. The van der Waals surface area contributed by atoms with Gasteiger partial charge in [0.05, 0.1) is 18.8 Å². The zero-order valence-electron chi connectivity index (χ0n) is 14.4. The van der Waals surface area contributed by atoms with E-state index in [1.54, 1.807) is 0 Å². The van der Waals surface area contributed by atoms with Crippen molar-refractivity contribution in [3.8, 4) is 0 Å². The number of hydrogen-bond donors (Lipinski definition) is 0. The van der Waals surface area contributed by atoms with E-state index >= 15 is 0 Å². The van der Waals surface area contributed by atoms with Crippen molar-refractivity contribution in [1.29, 1.82) is 0 Å². The molecular formula is C19H24N4O. The molecule has 2 aliphatic heterocycles. The molecule has 0 unspecified atom stereocenters. The molecule has 1 aromatic carbocycles. The lowest BCUT2D eigenvalue weighted by Gasteiger charge is -2.36. The monoisotopic (exact) mass is 324 g/mol. The molecular weight excluding hydrogens is 300 g/mol. The normalized spacial score (nSPS) is 24.2. The third-order valence-electron chi connectivity index (χ3n) is 4.90. The number of nitrogens with zero attached hydrogens (tertiary/aromatic N) is 4. The molecule has 3 heterocycles. The van der Waals surface area contributed by atoms with Gasteiger partial charge in [-0.05, 0) is 25.5 Å². The Morgan fingerprint density at radius 1 is 1.08 bits per heavy atom. The van der Waals surface area contributed by atoms with E-state index in [0.29, 0.717) is 6.04 Å². The molecule has 0 spiro atoms. The molecule has 2 saturated heterocycles. The maximum absolute atomic E-state index is 6.04. The number of benzene rings is 1. The topological polar surface area (TPSA) is 41.5 Å². The molecule has 0 aliphatic carbocycles. The molecule has 2 fully saturated rings. The van der Waals surface area contributed by atoms with Gasteiger partial charge in [-0.15, -0.1) is 0 Å². The number of ether oxygens (including phenoxy) is 1. The number of aryl methyl sites for hydroxylation is 2. The molecule has 0 bridgehead atoms. The van der Waals surface area contributed by atoms with Crippen LogP contribution in [0.2, 0.25) is 0 Å². The van der Waals surface area contributed by atoms with Crippen molar-refractivity contribution in [2.45, 2.75) is 32.5 Å². The first-order valence-electron chi connectivity index (χ1n) is 8.66. The van der Waals surface area contributed by atoms with E-state index in [9.17, 15) is 0 Å². The Morgan fingerprint density at radius 3 is 2.58 bits per heavy atom. The summed E-state index contributed by atoms with van der Waals surface area (Å²) in [6.07, 6.45) is 0.242. The SMILES string of the molecule is Cc1cc(C)nc(N2C[C@@H]3OCCN(Cc4ccccc4)[C@H]3C2)n1. The van der Waals surface area contributed by atoms with Crippen LogP contribution in [0, 0.1) is 13.8 Å². The molecule has 0 N–H and O–H groups in total. The highest BCUT2D eigenvalue weighted by atomic mass is 16.5. The summed E-state index contributed by atoms with van der Waals surface area (Å²) in [5.41, 5.74) is 3.41. The van der Waals surface area contributed by atoms with E-state index in [1.807, 2.05) is 19.9 Å². The predicted molar refractivity (Wildman–Crippen MR) is 94.1 cm³/mol. The first-order chi connectivity index (χ1) is 11.7. The van der Waals surface area contributed by atoms with Crippen LogP contribution in [-0.2, 0) is 11.3 Å². The second-order valence-corrected chi connectivity index (χ2v) is 6.79. The van der Waals surface area contributed by atoms with Crippen molar-refractivity contribution in [3.63, 3.8) is 0 Å². The van der Waals surface area contributed by atoms with Crippen LogP contribution in [-0.4, -0.2) is 53.3 Å². The lowest BCUT2D eigenvalue weighted by Crippen LogP contribution is -2.50. The summed E-state index contributed by atoms with van der Waals surface area (Å²) < 4.78 is 6.04. The zero-order chi connectivity index (χ0) is 16.5.